The zero-order valence-electron chi connectivity index (χ0n) is 22.0. The molecule has 0 bridgehead atoms. The molecule has 1 aromatic heterocycles. The summed E-state index contributed by atoms with van der Waals surface area (Å²) < 4.78 is 16.6. The number of benzene rings is 2. The fourth-order valence-electron chi connectivity index (χ4n) is 4.07. The molecule has 37 heavy (non-hydrogen) atoms. The number of carbonyl (C=O) groups is 2. The summed E-state index contributed by atoms with van der Waals surface area (Å²) in [5.41, 5.74) is 2.62. The van der Waals surface area contributed by atoms with Crippen molar-refractivity contribution in [3.05, 3.63) is 94.0 Å². The molecule has 3 aromatic rings. The maximum atomic E-state index is 13.6. The Morgan fingerprint density at radius 2 is 1.68 bits per heavy atom. The van der Waals surface area contributed by atoms with Crippen molar-refractivity contribution in [3.63, 3.8) is 0 Å². The van der Waals surface area contributed by atoms with Gasteiger partial charge in [0.2, 0.25) is 5.91 Å². The molecule has 198 valence electrons. The van der Waals surface area contributed by atoms with Gasteiger partial charge in [0.25, 0.3) is 5.91 Å². The van der Waals surface area contributed by atoms with E-state index in [4.69, 9.17) is 0 Å². The van der Waals surface area contributed by atoms with Gasteiger partial charge in [-0.25, -0.2) is 4.39 Å². The van der Waals surface area contributed by atoms with Crippen molar-refractivity contribution in [2.24, 2.45) is 5.92 Å². The summed E-state index contributed by atoms with van der Waals surface area (Å²) in [6, 6.07) is 17.8. The third kappa shape index (κ3) is 8.85. The van der Waals surface area contributed by atoms with E-state index < -0.39 is 5.82 Å². The van der Waals surface area contributed by atoms with Crippen molar-refractivity contribution >= 4 is 27.7 Å². The molecule has 0 unspecified atom stereocenters. The number of rotatable bonds is 13. The molecule has 2 amide bonds. The van der Waals surface area contributed by atoms with Gasteiger partial charge < -0.3 is 14.4 Å². The van der Waals surface area contributed by atoms with Gasteiger partial charge in [-0.1, -0.05) is 55.3 Å². The Morgan fingerprint density at radius 1 is 0.973 bits per heavy atom. The van der Waals surface area contributed by atoms with E-state index in [-0.39, 0.29) is 18.4 Å². The highest BCUT2D eigenvalue weighted by atomic mass is 79.9. The molecule has 0 aliphatic rings. The first-order valence-corrected chi connectivity index (χ1v) is 13.8. The molecule has 0 saturated carbocycles. The Hall–Kier alpha value is -2.93. The predicted molar refractivity (Wildman–Crippen MR) is 150 cm³/mol. The van der Waals surface area contributed by atoms with Crippen molar-refractivity contribution in [2.75, 3.05) is 19.6 Å². The van der Waals surface area contributed by atoms with E-state index in [2.05, 4.69) is 53.4 Å². The molecule has 0 atom stereocenters. The summed E-state index contributed by atoms with van der Waals surface area (Å²) in [7, 11) is 0. The monoisotopic (exact) mass is 569 g/mol. The van der Waals surface area contributed by atoms with Gasteiger partial charge in [0.1, 0.15) is 12.4 Å². The van der Waals surface area contributed by atoms with Crippen LogP contribution >= 0.6 is 15.9 Å². The first-order chi connectivity index (χ1) is 17.8. The van der Waals surface area contributed by atoms with Gasteiger partial charge in [-0.3, -0.25) is 9.59 Å². The Morgan fingerprint density at radius 3 is 2.32 bits per heavy atom. The molecule has 1 heterocycles. The summed E-state index contributed by atoms with van der Waals surface area (Å²) in [6.07, 6.45) is 4.67. The van der Waals surface area contributed by atoms with Crippen LogP contribution in [0.15, 0.2) is 71.3 Å². The van der Waals surface area contributed by atoms with Crippen LogP contribution in [0.25, 0.3) is 0 Å². The summed E-state index contributed by atoms with van der Waals surface area (Å²) >= 11 is 3.48. The molecule has 0 saturated heterocycles. The number of amides is 2. The summed E-state index contributed by atoms with van der Waals surface area (Å²) in [5, 5.41) is 0. The lowest BCUT2D eigenvalue weighted by molar-refractivity contribution is -0.132. The molecule has 0 fully saturated rings. The molecule has 0 aliphatic heterocycles. The Kier molecular flexibility index (Phi) is 10.9. The first-order valence-electron chi connectivity index (χ1n) is 13.0. The van der Waals surface area contributed by atoms with E-state index in [1.54, 1.807) is 4.90 Å². The Labute approximate surface area is 228 Å². The molecule has 0 radical (unpaired) electrons. The van der Waals surface area contributed by atoms with Crippen molar-refractivity contribution in [3.8, 4) is 0 Å². The van der Waals surface area contributed by atoms with Crippen LogP contribution in [-0.4, -0.2) is 45.8 Å². The van der Waals surface area contributed by atoms with E-state index >= 15 is 0 Å². The molecular formula is C30H37BrFN3O2. The third-order valence-corrected chi connectivity index (χ3v) is 6.89. The quantitative estimate of drug-likeness (QED) is 0.228. The largest absolute Gasteiger partial charge is 0.345 e. The van der Waals surface area contributed by atoms with Crippen LogP contribution in [0.1, 0.15) is 61.6 Å². The first kappa shape index (κ1) is 28.6. The fourth-order valence-corrected chi connectivity index (χ4v) is 4.34. The molecule has 0 N–H and O–H groups in total. The van der Waals surface area contributed by atoms with Crippen LogP contribution in [0.2, 0.25) is 0 Å². The van der Waals surface area contributed by atoms with E-state index in [1.165, 1.54) is 29.8 Å². The minimum Gasteiger partial charge on any atom is -0.345 e. The summed E-state index contributed by atoms with van der Waals surface area (Å²) in [6.45, 7) is 8.58. The maximum absolute atomic E-state index is 13.6. The lowest BCUT2D eigenvalue weighted by Gasteiger charge is -2.28. The second-order valence-corrected chi connectivity index (χ2v) is 10.8. The Bertz CT molecular complexity index is 1140. The van der Waals surface area contributed by atoms with Crippen LogP contribution in [0, 0.1) is 11.7 Å². The minimum atomic E-state index is -0.391. The zero-order valence-corrected chi connectivity index (χ0v) is 23.6. The SMILES string of the molecule is CCCCN(Cc1cccn1Cc1ccc(Br)cc1)C(=O)CN(CCC(C)C)C(=O)c1ccc(F)cc1. The topological polar surface area (TPSA) is 45.6 Å². The molecule has 5 nitrogen and oxygen atoms in total. The number of carbonyl (C=O) groups excluding carboxylic acids is 2. The fraction of sp³-hybridized carbons (Fsp3) is 0.400. The van der Waals surface area contributed by atoms with Crippen molar-refractivity contribution in [1.29, 1.82) is 0 Å². The van der Waals surface area contributed by atoms with Crippen molar-refractivity contribution < 1.29 is 14.0 Å². The zero-order chi connectivity index (χ0) is 26.8. The normalized spacial score (nSPS) is 11.1. The van der Waals surface area contributed by atoms with Gasteiger partial charge in [0.15, 0.2) is 0 Å². The second-order valence-electron chi connectivity index (χ2n) is 9.84. The molecular weight excluding hydrogens is 533 g/mol. The average molecular weight is 571 g/mol. The van der Waals surface area contributed by atoms with Gasteiger partial charge in [-0.2, -0.15) is 0 Å². The number of unbranched alkanes of at least 4 members (excludes halogenated alkanes) is 1. The van der Waals surface area contributed by atoms with Crippen LogP contribution < -0.4 is 0 Å². The summed E-state index contributed by atoms with van der Waals surface area (Å²) in [5.74, 6) is -0.331. The number of hydrogen-bond donors (Lipinski definition) is 0. The molecule has 3 rings (SSSR count). The van der Waals surface area contributed by atoms with Gasteiger partial charge in [0.05, 0.1) is 6.54 Å². The molecule has 0 aliphatic carbocycles. The summed E-state index contributed by atoms with van der Waals surface area (Å²) in [4.78, 5) is 30.3. The number of hydrogen-bond acceptors (Lipinski definition) is 2. The van der Waals surface area contributed by atoms with Gasteiger partial charge >= 0.3 is 0 Å². The molecule has 7 heteroatoms. The van der Waals surface area contributed by atoms with Crippen LogP contribution in [-0.2, 0) is 17.9 Å². The van der Waals surface area contributed by atoms with E-state index in [0.717, 1.165) is 36.0 Å². The molecule has 2 aromatic carbocycles. The number of nitrogens with zero attached hydrogens (tertiary/aromatic N) is 3. The molecule has 0 spiro atoms. The lowest BCUT2D eigenvalue weighted by Crippen LogP contribution is -2.44. The number of aromatic nitrogens is 1. The van der Waals surface area contributed by atoms with Crippen molar-refractivity contribution in [2.45, 2.75) is 53.1 Å². The van der Waals surface area contributed by atoms with Crippen LogP contribution in [0.5, 0.6) is 0 Å². The average Bonchev–Trinajstić information content (AvgIpc) is 3.31. The maximum Gasteiger partial charge on any atom is 0.254 e. The van der Waals surface area contributed by atoms with Gasteiger partial charge in [0, 0.05) is 41.6 Å². The highest BCUT2D eigenvalue weighted by Gasteiger charge is 2.23. The Balaban J connectivity index is 1.76. The van der Waals surface area contributed by atoms with Gasteiger partial charge in [-0.15, -0.1) is 0 Å². The third-order valence-electron chi connectivity index (χ3n) is 6.36. The van der Waals surface area contributed by atoms with Crippen molar-refractivity contribution in [1.82, 2.24) is 14.4 Å². The van der Waals surface area contributed by atoms with E-state index in [1.807, 2.05) is 35.4 Å². The lowest BCUT2D eigenvalue weighted by atomic mass is 10.1. The standard InChI is InChI=1S/C30H37BrFN3O2/c1-4-5-17-34(21-28-7-6-18-33(28)20-24-8-12-26(31)13-9-24)29(36)22-35(19-16-23(2)3)30(37)25-10-14-27(32)15-11-25/h6-15,18,23H,4-5,16-17,19-22H2,1-3H3. The minimum absolute atomic E-state index is 0.0000642. The van der Waals surface area contributed by atoms with Crippen LogP contribution in [0.3, 0.4) is 0 Å². The number of halogens is 2. The smallest absolute Gasteiger partial charge is 0.254 e. The van der Waals surface area contributed by atoms with E-state index in [0.29, 0.717) is 31.1 Å². The predicted octanol–water partition coefficient (Wildman–Crippen LogP) is 6.76. The highest BCUT2D eigenvalue weighted by Crippen LogP contribution is 2.16. The van der Waals surface area contributed by atoms with Crippen LogP contribution in [0.4, 0.5) is 4.39 Å². The second kappa shape index (κ2) is 14.1. The van der Waals surface area contributed by atoms with E-state index in [9.17, 15) is 14.0 Å². The van der Waals surface area contributed by atoms with Gasteiger partial charge in [-0.05, 0) is 72.9 Å². The highest BCUT2D eigenvalue weighted by molar-refractivity contribution is 9.10.